The highest BCUT2D eigenvalue weighted by Crippen LogP contribution is 2.32. The second-order valence-corrected chi connectivity index (χ2v) is 4.27. The van der Waals surface area contributed by atoms with Gasteiger partial charge < -0.3 is 4.90 Å². The van der Waals surface area contributed by atoms with Crippen molar-refractivity contribution in [2.24, 2.45) is 5.92 Å². The van der Waals surface area contributed by atoms with E-state index in [4.69, 9.17) is 0 Å². The van der Waals surface area contributed by atoms with Crippen molar-refractivity contribution in [2.75, 3.05) is 6.54 Å². The molecule has 1 saturated heterocycles. The Labute approximate surface area is 74.2 Å². The molecule has 1 unspecified atom stereocenters. The van der Waals surface area contributed by atoms with E-state index < -0.39 is 0 Å². The van der Waals surface area contributed by atoms with Crippen molar-refractivity contribution < 1.29 is 4.79 Å². The Hall–Kier alpha value is -0.790. The number of amides is 1. The summed E-state index contributed by atoms with van der Waals surface area (Å²) in [4.78, 5) is 13.3. The standard InChI is InChI=1S/C10H17NO/c1-5-9(12)11-7-8(2)6-10(11,3)4/h5,8H,1,6-7H2,2-4H3. The Balaban J connectivity index is 2.77. The molecule has 0 N–H and O–H groups in total. The quantitative estimate of drug-likeness (QED) is 0.545. The first-order chi connectivity index (χ1) is 5.47. The predicted molar refractivity (Wildman–Crippen MR) is 49.8 cm³/mol. The summed E-state index contributed by atoms with van der Waals surface area (Å²) in [5.41, 5.74) is 0.0185. The van der Waals surface area contributed by atoms with E-state index in [0.29, 0.717) is 5.92 Å². The van der Waals surface area contributed by atoms with Crippen LogP contribution < -0.4 is 0 Å². The number of hydrogen-bond donors (Lipinski definition) is 0. The van der Waals surface area contributed by atoms with Crippen LogP contribution in [0.4, 0.5) is 0 Å². The topological polar surface area (TPSA) is 20.3 Å². The van der Waals surface area contributed by atoms with E-state index in [1.165, 1.54) is 6.08 Å². The van der Waals surface area contributed by atoms with Gasteiger partial charge in [0, 0.05) is 12.1 Å². The fourth-order valence-corrected chi connectivity index (χ4v) is 2.08. The molecule has 1 amide bonds. The summed E-state index contributed by atoms with van der Waals surface area (Å²) in [6.45, 7) is 10.8. The molecular weight excluding hydrogens is 150 g/mol. The Morgan fingerprint density at radius 3 is 2.58 bits per heavy atom. The first kappa shape index (κ1) is 9.30. The van der Waals surface area contributed by atoms with Gasteiger partial charge in [0.15, 0.2) is 0 Å². The van der Waals surface area contributed by atoms with Crippen LogP contribution in [0.5, 0.6) is 0 Å². The van der Waals surface area contributed by atoms with Crippen molar-refractivity contribution in [1.29, 1.82) is 0 Å². The van der Waals surface area contributed by atoms with Crippen LogP contribution in [-0.4, -0.2) is 22.9 Å². The van der Waals surface area contributed by atoms with E-state index >= 15 is 0 Å². The number of likely N-dealkylation sites (tertiary alicyclic amines) is 1. The number of nitrogens with zero attached hydrogens (tertiary/aromatic N) is 1. The number of hydrogen-bond acceptors (Lipinski definition) is 1. The molecule has 1 rings (SSSR count). The third-order valence-corrected chi connectivity index (χ3v) is 2.51. The molecule has 0 aromatic rings. The van der Waals surface area contributed by atoms with Gasteiger partial charge in [0.25, 0.3) is 0 Å². The van der Waals surface area contributed by atoms with Gasteiger partial charge in [-0.3, -0.25) is 4.79 Å². The summed E-state index contributed by atoms with van der Waals surface area (Å²) in [6.07, 6.45) is 2.49. The first-order valence-electron chi connectivity index (χ1n) is 4.41. The first-order valence-corrected chi connectivity index (χ1v) is 4.41. The molecule has 0 aliphatic carbocycles. The van der Waals surface area contributed by atoms with Crippen molar-refractivity contribution in [3.05, 3.63) is 12.7 Å². The van der Waals surface area contributed by atoms with Gasteiger partial charge >= 0.3 is 0 Å². The predicted octanol–water partition coefficient (Wildman–Crippen LogP) is 1.82. The highest BCUT2D eigenvalue weighted by Gasteiger charge is 2.37. The van der Waals surface area contributed by atoms with Crippen LogP contribution >= 0.6 is 0 Å². The lowest BCUT2D eigenvalue weighted by molar-refractivity contribution is -0.129. The summed E-state index contributed by atoms with van der Waals surface area (Å²) in [5, 5.41) is 0. The second kappa shape index (κ2) is 2.92. The molecule has 0 radical (unpaired) electrons. The fourth-order valence-electron chi connectivity index (χ4n) is 2.08. The highest BCUT2D eigenvalue weighted by molar-refractivity contribution is 5.87. The zero-order valence-electron chi connectivity index (χ0n) is 8.13. The molecule has 1 atom stereocenters. The maximum Gasteiger partial charge on any atom is 0.246 e. The number of carbonyl (C=O) groups is 1. The van der Waals surface area contributed by atoms with Gasteiger partial charge in [-0.25, -0.2) is 0 Å². The van der Waals surface area contributed by atoms with E-state index in [9.17, 15) is 4.79 Å². The van der Waals surface area contributed by atoms with E-state index in [2.05, 4.69) is 27.4 Å². The van der Waals surface area contributed by atoms with Crippen LogP contribution in [0, 0.1) is 5.92 Å². The van der Waals surface area contributed by atoms with Crippen LogP contribution in [0.2, 0.25) is 0 Å². The molecular formula is C10H17NO. The highest BCUT2D eigenvalue weighted by atomic mass is 16.2. The minimum Gasteiger partial charge on any atom is -0.334 e. The fraction of sp³-hybridized carbons (Fsp3) is 0.700. The van der Waals surface area contributed by atoms with Crippen LogP contribution in [0.3, 0.4) is 0 Å². The third kappa shape index (κ3) is 1.52. The van der Waals surface area contributed by atoms with Gasteiger partial charge in [-0.1, -0.05) is 13.5 Å². The van der Waals surface area contributed by atoms with Crippen molar-refractivity contribution in [3.63, 3.8) is 0 Å². The average molecular weight is 167 g/mol. The maximum atomic E-state index is 11.4. The molecule has 68 valence electrons. The van der Waals surface area contributed by atoms with Crippen molar-refractivity contribution in [2.45, 2.75) is 32.7 Å². The minimum atomic E-state index is 0.0185. The average Bonchev–Trinajstić information content (AvgIpc) is 2.23. The normalized spacial score (nSPS) is 27.2. The second-order valence-electron chi connectivity index (χ2n) is 4.27. The molecule has 1 aliphatic heterocycles. The van der Waals surface area contributed by atoms with Crippen LogP contribution in [0.15, 0.2) is 12.7 Å². The molecule has 0 bridgehead atoms. The van der Waals surface area contributed by atoms with E-state index in [0.717, 1.165) is 13.0 Å². The summed E-state index contributed by atoms with van der Waals surface area (Å²) >= 11 is 0. The van der Waals surface area contributed by atoms with E-state index in [1.54, 1.807) is 0 Å². The smallest absolute Gasteiger partial charge is 0.246 e. The Morgan fingerprint density at radius 1 is 1.67 bits per heavy atom. The summed E-state index contributed by atoms with van der Waals surface area (Å²) in [5.74, 6) is 0.674. The van der Waals surface area contributed by atoms with Crippen LogP contribution in [0.1, 0.15) is 27.2 Å². The molecule has 12 heavy (non-hydrogen) atoms. The van der Waals surface area contributed by atoms with Gasteiger partial charge in [-0.2, -0.15) is 0 Å². The molecule has 0 aromatic heterocycles. The molecule has 0 saturated carbocycles. The minimum absolute atomic E-state index is 0.0185. The zero-order valence-corrected chi connectivity index (χ0v) is 8.13. The lowest BCUT2D eigenvalue weighted by atomic mass is 9.98. The molecule has 1 aliphatic rings. The molecule has 1 heterocycles. The molecule has 1 fully saturated rings. The van der Waals surface area contributed by atoms with Gasteiger partial charge in [0.2, 0.25) is 5.91 Å². The third-order valence-electron chi connectivity index (χ3n) is 2.51. The Morgan fingerprint density at radius 2 is 2.25 bits per heavy atom. The van der Waals surface area contributed by atoms with Gasteiger partial charge in [-0.15, -0.1) is 0 Å². The Kier molecular flexibility index (Phi) is 2.27. The summed E-state index contributed by atoms with van der Waals surface area (Å²) < 4.78 is 0. The lowest BCUT2D eigenvalue weighted by Crippen LogP contribution is -2.41. The van der Waals surface area contributed by atoms with Gasteiger partial charge in [-0.05, 0) is 32.3 Å². The van der Waals surface area contributed by atoms with E-state index in [1.807, 2.05) is 4.90 Å². The maximum absolute atomic E-state index is 11.4. The van der Waals surface area contributed by atoms with Crippen LogP contribution in [-0.2, 0) is 4.79 Å². The van der Waals surface area contributed by atoms with Crippen molar-refractivity contribution in [3.8, 4) is 0 Å². The summed E-state index contributed by atoms with van der Waals surface area (Å²) in [6, 6.07) is 0. The Bertz CT molecular complexity index is 208. The van der Waals surface area contributed by atoms with Crippen LogP contribution in [0.25, 0.3) is 0 Å². The number of carbonyl (C=O) groups excluding carboxylic acids is 1. The van der Waals surface area contributed by atoms with E-state index in [-0.39, 0.29) is 11.4 Å². The largest absolute Gasteiger partial charge is 0.334 e. The van der Waals surface area contributed by atoms with Gasteiger partial charge in [0.1, 0.15) is 0 Å². The molecule has 2 nitrogen and oxygen atoms in total. The summed E-state index contributed by atoms with van der Waals surface area (Å²) in [7, 11) is 0. The SMILES string of the molecule is C=CC(=O)N1CC(C)CC1(C)C. The molecule has 0 aromatic carbocycles. The van der Waals surface area contributed by atoms with Gasteiger partial charge in [0.05, 0.1) is 0 Å². The molecule has 2 heteroatoms. The lowest BCUT2D eigenvalue weighted by Gasteiger charge is -2.30. The molecule has 0 spiro atoms. The van der Waals surface area contributed by atoms with Crippen molar-refractivity contribution in [1.82, 2.24) is 4.90 Å². The van der Waals surface area contributed by atoms with Crippen molar-refractivity contribution >= 4 is 5.91 Å². The monoisotopic (exact) mass is 167 g/mol. The zero-order chi connectivity index (χ0) is 9.35. The number of rotatable bonds is 1.